The number of aromatic nitrogens is 2. The van der Waals surface area contributed by atoms with Crippen molar-refractivity contribution in [2.75, 3.05) is 0 Å². The van der Waals surface area contributed by atoms with Gasteiger partial charge in [-0.05, 0) is 84.6 Å². The minimum absolute atomic E-state index is 0.0323. The van der Waals surface area contributed by atoms with Crippen LogP contribution in [-0.4, -0.2) is 15.5 Å². The molecule has 0 saturated carbocycles. The maximum Gasteiger partial charge on any atom is 0.274 e. The van der Waals surface area contributed by atoms with E-state index < -0.39 is 0 Å². The average Bonchev–Trinajstić information content (AvgIpc) is 3.12. The predicted molar refractivity (Wildman–Crippen MR) is 115 cm³/mol. The zero-order valence-electron chi connectivity index (χ0n) is 15.5. The molecule has 0 atom stereocenters. The second-order valence-electron chi connectivity index (χ2n) is 6.88. The number of halogens is 1. The molecule has 0 saturated heterocycles. The maximum atomic E-state index is 13.0. The van der Waals surface area contributed by atoms with Crippen molar-refractivity contribution in [3.05, 3.63) is 66.4 Å². The first kappa shape index (κ1) is 18.2. The van der Waals surface area contributed by atoms with E-state index in [9.17, 15) is 4.79 Å². The van der Waals surface area contributed by atoms with Crippen LogP contribution in [0.1, 0.15) is 30.5 Å². The highest BCUT2D eigenvalue weighted by Gasteiger charge is 2.15. The van der Waals surface area contributed by atoms with Gasteiger partial charge in [-0.3, -0.25) is 4.79 Å². The van der Waals surface area contributed by atoms with Crippen LogP contribution in [0.2, 0.25) is 0 Å². The first-order chi connectivity index (χ1) is 12.8. The Labute approximate surface area is 169 Å². The molecule has 6 heteroatoms. The summed E-state index contributed by atoms with van der Waals surface area (Å²) in [6.07, 6.45) is 2.04. The van der Waals surface area contributed by atoms with E-state index in [1.165, 1.54) is 11.3 Å². The Kier molecular flexibility index (Phi) is 4.56. The minimum Gasteiger partial charge on any atom is -0.491 e. The van der Waals surface area contributed by atoms with Gasteiger partial charge in [-0.2, -0.15) is 0 Å². The minimum atomic E-state index is -0.0323. The summed E-state index contributed by atoms with van der Waals surface area (Å²) >= 11 is 5.03. The number of nitrogens with zero attached hydrogens (tertiary/aromatic N) is 2. The van der Waals surface area contributed by atoms with Crippen molar-refractivity contribution in [2.45, 2.75) is 33.8 Å². The van der Waals surface area contributed by atoms with Crippen molar-refractivity contribution in [2.24, 2.45) is 0 Å². The Morgan fingerprint density at radius 1 is 1.22 bits per heavy atom. The normalized spacial score (nSPS) is 12.6. The summed E-state index contributed by atoms with van der Waals surface area (Å²) in [7, 11) is 0. The maximum absolute atomic E-state index is 13.0. The second-order valence-corrected chi connectivity index (χ2v) is 8.68. The molecule has 27 heavy (non-hydrogen) atoms. The smallest absolute Gasteiger partial charge is 0.274 e. The molecule has 2 aromatic heterocycles. The lowest BCUT2D eigenvalue weighted by Gasteiger charge is -2.09. The molecule has 0 N–H and O–H groups in total. The summed E-state index contributed by atoms with van der Waals surface area (Å²) in [5, 5.41) is 0. The van der Waals surface area contributed by atoms with Gasteiger partial charge in [0.2, 0.25) is 0 Å². The third-order valence-electron chi connectivity index (χ3n) is 4.53. The van der Waals surface area contributed by atoms with Gasteiger partial charge in [0, 0.05) is 4.47 Å². The highest BCUT2D eigenvalue weighted by molar-refractivity contribution is 9.10. The fourth-order valence-corrected chi connectivity index (χ4v) is 4.63. The van der Waals surface area contributed by atoms with Gasteiger partial charge in [-0.1, -0.05) is 23.5 Å². The summed E-state index contributed by atoms with van der Waals surface area (Å²) in [6, 6.07) is 9.80. The first-order valence-electron chi connectivity index (χ1n) is 8.74. The van der Waals surface area contributed by atoms with Crippen molar-refractivity contribution in [3.8, 4) is 5.75 Å². The van der Waals surface area contributed by atoms with Gasteiger partial charge in [-0.25, -0.2) is 9.38 Å². The standard InChI is InChI=1S/C21H19BrN2O2S/c1-11(2)26-15-7-5-14(6-8-15)10-17-20(25)24-16-9-12(3)13(4)18(22)19(16)23-21(24)27-17/h5-11H,1-4H3/b17-10-. The number of rotatable bonds is 3. The molecule has 0 aliphatic carbocycles. The summed E-state index contributed by atoms with van der Waals surface area (Å²) in [6.45, 7) is 8.09. The van der Waals surface area contributed by atoms with Crippen LogP contribution in [0.15, 0.2) is 39.6 Å². The van der Waals surface area contributed by atoms with Gasteiger partial charge >= 0.3 is 0 Å². The van der Waals surface area contributed by atoms with Crippen LogP contribution in [0, 0.1) is 13.8 Å². The van der Waals surface area contributed by atoms with Gasteiger partial charge in [0.25, 0.3) is 5.56 Å². The van der Waals surface area contributed by atoms with E-state index in [-0.39, 0.29) is 11.7 Å². The lowest BCUT2D eigenvalue weighted by atomic mass is 10.1. The fourth-order valence-electron chi connectivity index (χ4n) is 3.04. The predicted octanol–water partition coefficient (Wildman–Crippen LogP) is 4.62. The van der Waals surface area contributed by atoms with Crippen molar-refractivity contribution >= 4 is 49.3 Å². The van der Waals surface area contributed by atoms with E-state index in [2.05, 4.69) is 27.8 Å². The van der Waals surface area contributed by atoms with E-state index in [4.69, 9.17) is 4.74 Å². The second kappa shape index (κ2) is 6.77. The molecule has 0 radical (unpaired) electrons. The highest BCUT2D eigenvalue weighted by Crippen LogP contribution is 2.30. The number of hydrogen-bond donors (Lipinski definition) is 0. The quantitative estimate of drug-likeness (QED) is 0.464. The Balaban J connectivity index is 1.85. The molecule has 4 nitrogen and oxygen atoms in total. The molecule has 0 aliphatic rings. The van der Waals surface area contributed by atoms with Crippen LogP contribution in [0.25, 0.3) is 22.1 Å². The van der Waals surface area contributed by atoms with Crippen LogP contribution in [0.5, 0.6) is 5.75 Å². The number of ether oxygens (including phenoxy) is 1. The molecule has 2 aromatic carbocycles. The van der Waals surface area contributed by atoms with E-state index in [0.29, 0.717) is 9.49 Å². The number of fused-ring (bicyclic) bond motifs is 3. The summed E-state index contributed by atoms with van der Waals surface area (Å²) in [4.78, 5) is 18.4. The fraction of sp³-hybridized carbons (Fsp3) is 0.238. The molecular weight excluding hydrogens is 424 g/mol. The Bertz CT molecular complexity index is 1270. The van der Waals surface area contributed by atoms with Gasteiger partial charge in [0.15, 0.2) is 4.96 Å². The molecule has 0 bridgehead atoms. The third-order valence-corrected chi connectivity index (χ3v) is 6.47. The highest BCUT2D eigenvalue weighted by atomic mass is 79.9. The number of aryl methyl sites for hydroxylation is 1. The van der Waals surface area contributed by atoms with Crippen molar-refractivity contribution in [1.82, 2.24) is 9.38 Å². The number of hydrogen-bond acceptors (Lipinski definition) is 4. The van der Waals surface area contributed by atoms with Crippen LogP contribution in [0.3, 0.4) is 0 Å². The van der Waals surface area contributed by atoms with E-state index >= 15 is 0 Å². The number of benzene rings is 2. The molecule has 0 amide bonds. The third kappa shape index (κ3) is 3.17. The van der Waals surface area contributed by atoms with Crippen LogP contribution < -0.4 is 14.8 Å². The monoisotopic (exact) mass is 442 g/mol. The molecular formula is C21H19BrN2O2S. The summed E-state index contributed by atoms with van der Waals surface area (Å²) in [5.74, 6) is 0.826. The van der Waals surface area contributed by atoms with Gasteiger partial charge < -0.3 is 4.74 Å². The Morgan fingerprint density at radius 2 is 1.93 bits per heavy atom. The average molecular weight is 443 g/mol. The lowest BCUT2D eigenvalue weighted by Crippen LogP contribution is -2.22. The molecule has 0 spiro atoms. The molecule has 0 aliphatic heterocycles. The molecule has 4 rings (SSSR count). The molecule has 0 unspecified atom stereocenters. The SMILES string of the molecule is Cc1cc2c(nc3s/c(=C\c4ccc(OC(C)C)cc4)c(=O)n32)c(Br)c1C. The van der Waals surface area contributed by atoms with E-state index in [1.807, 2.05) is 57.2 Å². The molecule has 138 valence electrons. The first-order valence-corrected chi connectivity index (χ1v) is 10.3. The van der Waals surface area contributed by atoms with Gasteiger partial charge in [0.05, 0.1) is 16.2 Å². The van der Waals surface area contributed by atoms with Crippen LogP contribution in [-0.2, 0) is 0 Å². The van der Waals surface area contributed by atoms with Crippen molar-refractivity contribution < 1.29 is 4.74 Å². The Morgan fingerprint density at radius 3 is 2.59 bits per heavy atom. The van der Waals surface area contributed by atoms with Gasteiger partial charge in [-0.15, -0.1) is 0 Å². The summed E-state index contributed by atoms with van der Waals surface area (Å²) in [5.41, 5.74) is 4.90. The zero-order valence-corrected chi connectivity index (χ0v) is 17.9. The van der Waals surface area contributed by atoms with E-state index in [0.717, 1.165) is 37.9 Å². The lowest BCUT2D eigenvalue weighted by molar-refractivity contribution is 0.242. The topological polar surface area (TPSA) is 43.6 Å². The molecule has 2 heterocycles. The summed E-state index contributed by atoms with van der Waals surface area (Å²) < 4.78 is 9.00. The molecule has 4 aromatic rings. The molecule has 0 fully saturated rings. The number of thiazole rings is 1. The van der Waals surface area contributed by atoms with Crippen LogP contribution in [0.4, 0.5) is 0 Å². The van der Waals surface area contributed by atoms with Crippen LogP contribution >= 0.6 is 27.3 Å². The number of imidazole rings is 1. The van der Waals surface area contributed by atoms with E-state index in [1.54, 1.807) is 4.40 Å². The largest absolute Gasteiger partial charge is 0.491 e. The van der Waals surface area contributed by atoms with Crippen molar-refractivity contribution in [1.29, 1.82) is 0 Å². The Hall–Kier alpha value is -2.18. The van der Waals surface area contributed by atoms with Crippen molar-refractivity contribution in [3.63, 3.8) is 0 Å². The van der Waals surface area contributed by atoms with Gasteiger partial charge in [0.1, 0.15) is 11.3 Å². The zero-order chi connectivity index (χ0) is 19.3.